The van der Waals surface area contributed by atoms with Crippen molar-refractivity contribution < 1.29 is 14.4 Å². The summed E-state index contributed by atoms with van der Waals surface area (Å²) < 4.78 is 1.86. The second kappa shape index (κ2) is 4.71. The molecule has 0 spiro atoms. The van der Waals surface area contributed by atoms with E-state index in [-0.39, 0.29) is 25.4 Å². The average Bonchev–Trinajstić information content (AvgIpc) is 2.89. The van der Waals surface area contributed by atoms with Crippen molar-refractivity contribution in [3.8, 4) is 0 Å². The molecule has 0 bridgehead atoms. The minimum Gasteiger partial charge on any atom is -0.324 e. The summed E-state index contributed by atoms with van der Waals surface area (Å²) in [5.41, 5.74) is 1.70. The maximum absolute atomic E-state index is 12.2. The average molecular weight is 292 g/mol. The molecule has 20 heavy (non-hydrogen) atoms. The molecule has 3 amide bonds. The molecule has 2 aromatic rings. The van der Waals surface area contributed by atoms with Crippen LogP contribution in [0.4, 0.5) is 0 Å². The summed E-state index contributed by atoms with van der Waals surface area (Å²) in [6.45, 7) is 1.75. The first-order chi connectivity index (χ1) is 9.52. The molecule has 1 aliphatic rings. The van der Waals surface area contributed by atoms with Crippen LogP contribution in [0, 0.1) is 6.92 Å². The summed E-state index contributed by atoms with van der Waals surface area (Å²) >= 11 is 1.46. The number of nitrogens with zero attached hydrogens (tertiary/aromatic N) is 3. The van der Waals surface area contributed by atoms with Gasteiger partial charge in [-0.05, 0) is 6.92 Å². The Balaban J connectivity index is 1.78. The van der Waals surface area contributed by atoms with E-state index in [9.17, 15) is 14.4 Å². The number of amides is 3. The van der Waals surface area contributed by atoms with Gasteiger partial charge in [-0.25, -0.2) is 4.98 Å². The zero-order valence-electron chi connectivity index (χ0n) is 10.8. The van der Waals surface area contributed by atoms with Gasteiger partial charge in [0, 0.05) is 17.3 Å². The van der Waals surface area contributed by atoms with Gasteiger partial charge in [-0.15, -0.1) is 11.3 Å². The van der Waals surface area contributed by atoms with Crippen LogP contribution in [0.1, 0.15) is 11.4 Å². The highest BCUT2D eigenvalue weighted by Gasteiger charge is 2.26. The molecule has 1 aliphatic heterocycles. The summed E-state index contributed by atoms with van der Waals surface area (Å²) in [6, 6.07) is 0. The molecule has 2 aromatic heterocycles. The molecule has 7 nitrogen and oxygen atoms in total. The second-order valence-corrected chi connectivity index (χ2v) is 5.50. The van der Waals surface area contributed by atoms with Crippen molar-refractivity contribution in [2.75, 3.05) is 13.1 Å². The smallest absolute Gasteiger partial charge is 0.246 e. The molecule has 0 saturated carbocycles. The van der Waals surface area contributed by atoms with Crippen LogP contribution in [-0.2, 0) is 20.8 Å². The van der Waals surface area contributed by atoms with Crippen LogP contribution in [0.25, 0.3) is 4.96 Å². The van der Waals surface area contributed by atoms with Gasteiger partial charge in [0.1, 0.15) is 13.1 Å². The summed E-state index contributed by atoms with van der Waals surface area (Å²) in [5.74, 6) is -1.12. The van der Waals surface area contributed by atoms with Gasteiger partial charge >= 0.3 is 0 Å². The fraction of sp³-hybridized carbons (Fsp3) is 0.333. The number of rotatable bonds is 2. The van der Waals surface area contributed by atoms with Gasteiger partial charge in [0.25, 0.3) is 0 Å². The lowest BCUT2D eigenvalue weighted by Crippen LogP contribution is -2.53. The molecular formula is C12H12N4O3S. The molecule has 0 aromatic carbocycles. The Morgan fingerprint density at radius 1 is 1.40 bits per heavy atom. The number of carbonyl (C=O) groups excluding carboxylic acids is 3. The first-order valence-corrected chi connectivity index (χ1v) is 6.93. The van der Waals surface area contributed by atoms with Crippen LogP contribution in [-0.4, -0.2) is 45.1 Å². The van der Waals surface area contributed by atoms with Crippen LogP contribution in [0.15, 0.2) is 11.6 Å². The zero-order chi connectivity index (χ0) is 14.3. The van der Waals surface area contributed by atoms with Crippen molar-refractivity contribution in [2.45, 2.75) is 13.3 Å². The maximum Gasteiger partial charge on any atom is 0.246 e. The SMILES string of the molecule is Cc1cn2c(CC(=O)N3CC(=O)NC(=O)C3)csc2n1. The molecule has 8 heteroatoms. The monoisotopic (exact) mass is 292 g/mol. The lowest BCUT2D eigenvalue weighted by atomic mass is 10.2. The Kier molecular flexibility index (Phi) is 3.01. The van der Waals surface area contributed by atoms with Gasteiger partial charge in [0.15, 0.2) is 4.96 Å². The fourth-order valence-corrected chi connectivity index (χ4v) is 3.07. The number of hydrogen-bond donors (Lipinski definition) is 1. The number of piperazine rings is 1. The number of imidazole rings is 1. The second-order valence-electron chi connectivity index (χ2n) is 4.66. The fourth-order valence-electron chi connectivity index (χ4n) is 2.15. The van der Waals surface area contributed by atoms with E-state index in [2.05, 4.69) is 10.3 Å². The highest BCUT2D eigenvalue weighted by Crippen LogP contribution is 2.17. The molecule has 1 fully saturated rings. The summed E-state index contributed by atoms with van der Waals surface area (Å²) in [7, 11) is 0. The van der Waals surface area contributed by atoms with Gasteiger partial charge in [-0.2, -0.15) is 0 Å². The molecule has 3 rings (SSSR count). The molecule has 0 atom stereocenters. The molecule has 3 heterocycles. The van der Waals surface area contributed by atoms with Gasteiger partial charge in [-0.1, -0.05) is 0 Å². The van der Waals surface area contributed by atoms with Crippen molar-refractivity contribution in [3.63, 3.8) is 0 Å². The van der Waals surface area contributed by atoms with E-state index in [0.717, 1.165) is 16.3 Å². The third-order valence-electron chi connectivity index (χ3n) is 3.04. The summed E-state index contributed by atoms with van der Waals surface area (Å²) in [6.07, 6.45) is 2.01. The van der Waals surface area contributed by atoms with Crippen LogP contribution in [0.2, 0.25) is 0 Å². The molecule has 104 valence electrons. The van der Waals surface area contributed by atoms with Gasteiger partial charge < -0.3 is 4.90 Å². The zero-order valence-corrected chi connectivity index (χ0v) is 11.6. The highest BCUT2D eigenvalue weighted by molar-refractivity contribution is 7.15. The Morgan fingerprint density at radius 3 is 2.80 bits per heavy atom. The Morgan fingerprint density at radius 2 is 2.10 bits per heavy atom. The first kappa shape index (κ1) is 12.8. The highest BCUT2D eigenvalue weighted by atomic mass is 32.1. The molecule has 1 saturated heterocycles. The molecule has 0 aliphatic carbocycles. The van der Waals surface area contributed by atoms with Gasteiger partial charge in [0.05, 0.1) is 12.1 Å². The minimum atomic E-state index is -0.441. The lowest BCUT2D eigenvalue weighted by molar-refractivity contribution is -0.145. The summed E-state index contributed by atoms with van der Waals surface area (Å²) in [4.78, 5) is 41.1. The quantitative estimate of drug-likeness (QED) is 0.772. The van der Waals surface area contributed by atoms with Crippen LogP contribution >= 0.6 is 11.3 Å². The topological polar surface area (TPSA) is 83.8 Å². The van der Waals surface area contributed by atoms with Crippen molar-refractivity contribution >= 4 is 34.0 Å². The van der Waals surface area contributed by atoms with E-state index in [4.69, 9.17) is 0 Å². The minimum absolute atomic E-state index is 0.0686. The van der Waals surface area contributed by atoms with Gasteiger partial charge in [-0.3, -0.25) is 24.1 Å². The maximum atomic E-state index is 12.2. The van der Waals surface area contributed by atoms with E-state index in [1.165, 1.54) is 16.2 Å². The van der Waals surface area contributed by atoms with Crippen molar-refractivity contribution in [2.24, 2.45) is 0 Å². The van der Waals surface area contributed by atoms with Crippen LogP contribution in [0.5, 0.6) is 0 Å². The number of nitrogens with one attached hydrogen (secondary N) is 1. The number of aryl methyl sites for hydroxylation is 1. The Labute approximate surface area is 118 Å². The number of imide groups is 1. The third kappa shape index (κ3) is 2.29. The largest absolute Gasteiger partial charge is 0.324 e. The van der Waals surface area contributed by atoms with E-state index in [1.54, 1.807) is 0 Å². The van der Waals surface area contributed by atoms with Crippen molar-refractivity contribution in [1.82, 2.24) is 19.6 Å². The molecule has 0 radical (unpaired) electrons. The predicted molar refractivity (Wildman–Crippen MR) is 71.2 cm³/mol. The third-order valence-corrected chi connectivity index (χ3v) is 3.93. The van der Waals surface area contributed by atoms with E-state index in [1.807, 2.05) is 22.9 Å². The van der Waals surface area contributed by atoms with Gasteiger partial charge in [0.2, 0.25) is 17.7 Å². The van der Waals surface area contributed by atoms with E-state index >= 15 is 0 Å². The van der Waals surface area contributed by atoms with Crippen molar-refractivity contribution in [1.29, 1.82) is 0 Å². The normalized spacial score (nSPS) is 15.8. The Bertz CT molecular complexity index is 701. The first-order valence-electron chi connectivity index (χ1n) is 6.05. The predicted octanol–water partition coefficient (Wildman–Crippen LogP) is -0.268. The van der Waals surface area contributed by atoms with E-state index < -0.39 is 11.8 Å². The number of thiazole rings is 1. The molecular weight excluding hydrogens is 280 g/mol. The van der Waals surface area contributed by atoms with Crippen molar-refractivity contribution in [3.05, 3.63) is 23.0 Å². The number of hydrogen-bond acceptors (Lipinski definition) is 5. The van der Waals surface area contributed by atoms with Crippen LogP contribution < -0.4 is 5.32 Å². The standard InChI is InChI=1S/C12H12N4O3S/c1-7-3-16-8(6-20-12(16)13-7)2-11(19)15-4-9(17)14-10(18)5-15/h3,6H,2,4-5H2,1H3,(H,14,17,18). The van der Waals surface area contributed by atoms with E-state index in [0.29, 0.717) is 0 Å². The Hall–Kier alpha value is -2.22. The summed E-state index contributed by atoms with van der Waals surface area (Å²) in [5, 5.41) is 4.04. The molecule has 0 unspecified atom stereocenters. The lowest BCUT2D eigenvalue weighted by Gasteiger charge is -2.25. The number of carbonyl (C=O) groups is 3. The van der Waals surface area contributed by atoms with Crippen LogP contribution in [0.3, 0.4) is 0 Å². The number of aromatic nitrogens is 2. The molecule has 1 N–H and O–H groups in total. The number of fused-ring (bicyclic) bond motifs is 1.